The Hall–Kier alpha value is -1.34. The number of carbonyl (C=O) groups is 2. The first-order valence-electron chi connectivity index (χ1n) is 6.21. The second-order valence-corrected chi connectivity index (χ2v) is 4.28. The maximum atomic E-state index is 11.8. The minimum Gasteiger partial charge on any atom is -0.481 e. The van der Waals surface area contributed by atoms with Crippen molar-refractivity contribution in [2.75, 3.05) is 45.9 Å². The molecule has 0 saturated carbocycles. The molecule has 1 heterocycles. The van der Waals surface area contributed by atoms with Crippen molar-refractivity contribution >= 4 is 12.0 Å². The fraction of sp³-hybridized carbons (Fsp3) is 0.818. The molecule has 7 heteroatoms. The number of hydrogen-bond acceptors (Lipinski definition) is 4. The molecule has 0 bridgehead atoms. The zero-order chi connectivity index (χ0) is 13.4. The molecule has 1 fully saturated rings. The van der Waals surface area contributed by atoms with Gasteiger partial charge in [-0.1, -0.05) is 0 Å². The number of aliphatic hydroxyl groups excluding tert-OH is 1. The van der Waals surface area contributed by atoms with Crippen LogP contribution in [0.25, 0.3) is 0 Å². The Morgan fingerprint density at radius 3 is 2.61 bits per heavy atom. The van der Waals surface area contributed by atoms with Gasteiger partial charge >= 0.3 is 12.0 Å². The molecular weight excluding hydrogens is 238 g/mol. The summed E-state index contributed by atoms with van der Waals surface area (Å²) in [5, 5.41) is 19.9. The molecule has 1 saturated heterocycles. The summed E-state index contributed by atoms with van der Waals surface area (Å²) in [5.41, 5.74) is 0. The summed E-state index contributed by atoms with van der Waals surface area (Å²) in [6.45, 7) is 3.82. The number of rotatable bonds is 5. The Kier molecular flexibility index (Phi) is 6.45. The van der Waals surface area contributed by atoms with Gasteiger partial charge in [0.05, 0.1) is 13.0 Å². The Balaban J connectivity index is 2.28. The average molecular weight is 259 g/mol. The van der Waals surface area contributed by atoms with Gasteiger partial charge in [0.15, 0.2) is 0 Å². The number of aliphatic carboxylic acids is 1. The number of hydrogen-bond donors (Lipinski definition) is 3. The number of nitrogens with one attached hydrogen (secondary N) is 1. The van der Waals surface area contributed by atoms with E-state index in [1.807, 2.05) is 0 Å². The quantitative estimate of drug-likeness (QED) is 0.599. The first-order valence-corrected chi connectivity index (χ1v) is 6.21. The number of carboxylic acids is 1. The van der Waals surface area contributed by atoms with E-state index in [0.29, 0.717) is 19.6 Å². The fourth-order valence-corrected chi connectivity index (χ4v) is 1.93. The van der Waals surface area contributed by atoms with Crippen molar-refractivity contribution in [2.24, 2.45) is 0 Å². The molecule has 1 aliphatic heterocycles. The summed E-state index contributed by atoms with van der Waals surface area (Å²) in [4.78, 5) is 25.9. The van der Waals surface area contributed by atoms with Crippen molar-refractivity contribution in [3.05, 3.63) is 0 Å². The molecule has 0 unspecified atom stereocenters. The first-order chi connectivity index (χ1) is 8.63. The number of nitrogens with zero attached hydrogens (tertiary/aromatic N) is 2. The summed E-state index contributed by atoms with van der Waals surface area (Å²) in [6, 6.07) is -0.206. The smallest absolute Gasteiger partial charge is 0.317 e. The van der Waals surface area contributed by atoms with Gasteiger partial charge in [0.2, 0.25) is 0 Å². The van der Waals surface area contributed by atoms with Crippen LogP contribution in [-0.4, -0.2) is 77.9 Å². The monoisotopic (exact) mass is 259 g/mol. The van der Waals surface area contributed by atoms with Gasteiger partial charge in [-0.15, -0.1) is 0 Å². The van der Waals surface area contributed by atoms with Crippen molar-refractivity contribution in [1.82, 2.24) is 15.1 Å². The molecule has 0 aromatic rings. The second kappa shape index (κ2) is 7.88. The second-order valence-electron chi connectivity index (χ2n) is 4.28. The van der Waals surface area contributed by atoms with Crippen LogP contribution in [0.4, 0.5) is 4.79 Å². The van der Waals surface area contributed by atoms with E-state index in [2.05, 4.69) is 10.2 Å². The fourth-order valence-electron chi connectivity index (χ4n) is 1.93. The van der Waals surface area contributed by atoms with Gasteiger partial charge in [0, 0.05) is 32.7 Å². The van der Waals surface area contributed by atoms with Crippen molar-refractivity contribution in [2.45, 2.75) is 12.8 Å². The van der Waals surface area contributed by atoms with Crippen molar-refractivity contribution in [3.63, 3.8) is 0 Å². The lowest BCUT2D eigenvalue weighted by Gasteiger charge is -2.21. The third kappa shape index (κ3) is 5.33. The topological polar surface area (TPSA) is 93.1 Å². The van der Waals surface area contributed by atoms with E-state index < -0.39 is 5.97 Å². The molecule has 2 amide bonds. The lowest BCUT2D eigenvalue weighted by atomic mass is 10.4. The normalized spacial score (nSPS) is 17.3. The van der Waals surface area contributed by atoms with Crippen LogP contribution < -0.4 is 5.32 Å². The van der Waals surface area contributed by atoms with Gasteiger partial charge in [-0.2, -0.15) is 0 Å². The van der Waals surface area contributed by atoms with Gasteiger partial charge in [0.25, 0.3) is 0 Å². The molecule has 0 atom stereocenters. The number of carboxylic acid groups (broad SMARTS) is 1. The molecule has 0 aliphatic carbocycles. The molecule has 104 valence electrons. The van der Waals surface area contributed by atoms with Crippen LogP contribution in [-0.2, 0) is 4.79 Å². The largest absolute Gasteiger partial charge is 0.481 e. The van der Waals surface area contributed by atoms with E-state index in [1.54, 1.807) is 4.90 Å². The highest BCUT2D eigenvalue weighted by Gasteiger charge is 2.18. The maximum absolute atomic E-state index is 11.8. The van der Waals surface area contributed by atoms with E-state index in [1.165, 1.54) is 0 Å². The standard InChI is InChI=1S/C11H21N3O4/c15-9-8-13-4-1-5-14(7-6-13)11(18)12-3-2-10(16)17/h15H,1-9H2,(H,12,18)(H,16,17). The Morgan fingerprint density at radius 2 is 1.94 bits per heavy atom. The summed E-state index contributed by atoms with van der Waals surface area (Å²) in [6.07, 6.45) is 0.808. The predicted octanol–water partition coefficient (Wildman–Crippen LogP) is -0.829. The number of carbonyl (C=O) groups excluding carboxylic acids is 1. The van der Waals surface area contributed by atoms with E-state index in [9.17, 15) is 9.59 Å². The van der Waals surface area contributed by atoms with E-state index in [-0.39, 0.29) is 25.6 Å². The Morgan fingerprint density at radius 1 is 1.17 bits per heavy atom. The van der Waals surface area contributed by atoms with Gasteiger partial charge < -0.3 is 20.4 Å². The van der Waals surface area contributed by atoms with Crippen LogP contribution in [0, 0.1) is 0 Å². The summed E-state index contributed by atoms with van der Waals surface area (Å²) in [5.74, 6) is -0.916. The predicted molar refractivity (Wildman–Crippen MR) is 65.4 cm³/mol. The molecular formula is C11H21N3O4. The third-order valence-electron chi connectivity index (χ3n) is 2.91. The SMILES string of the molecule is O=C(O)CCNC(=O)N1CCCN(CCO)CC1. The molecule has 1 rings (SSSR count). The maximum Gasteiger partial charge on any atom is 0.317 e. The van der Waals surface area contributed by atoms with Crippen molar-refractivity contribution in [1.29, 1.82) is 0 Å². The minimum atomic E-state index is -0.916. The van der Waals surface area contributed by atoms with Crippen LogP contribution in [0.3, 0.4) is 0 Å². The Labute approximate surface area is 106 Å². The van der Waals surface area contributed by atoms with Gasteiger partial charge in [-0.3, -0.25) is 9.69 Å². The van der Waals surface area contributed by atoms with Crippen LogP contribution >= 0.6 is 0 Å². The highest BCUT2D eigenvalue weighted by Crippen LogP contribution is 2.02. The minimum absolute atomic E-state index is 0.0593. The first kappa shape index (κ1) is 14.7. The molecule has 0 radical (unpaired) electrons. The van der Waals surface area contributed by atoms with Crippen LogP contribution in [0.2, 0.25) is 0 Å². The molecule has 3 N–H and O–H groups in total. The number of urea groups is 1. The molecule has 0 spiro atoms. The number of aliphatic hydroxyl groups is 1. The van der Waals surface area contributed by atoms with Crippen LogP contribution in [0.5, 0.6) is 0 Å². The van der Waals surface area contributed by atoms with Gasteiger partial charge in [-0.25, -0.2) is 4.79 Å². The summed E-state index contributed by atoms with van der Waals surface area (Å²) >= 11 is 0. The van der Waals surface area contributed by atoms with Gasteiger partial charge in [0.1, 0.15) is 0 Å². The number of β-amino-alcohol motifs (C(OH)–C–C–N with tert-alkyl or cyclic N) is 1. The average Bonchev–Trinajstić information content (AvgIpc) is 2.54. The van der Waals surface area contributed by atoms with Crippen molar-refractivity contribution in [3.8, 4) is 0 Å². The third-order valence-corrected chi connectivity index (χ3v) is 2.91. The van der Waals surface area contributed by atoms with Crippen molar-refractivity contribution < 1.29 is 19.8 Å². The van der Waals surface area contributed by atoms with Gasteiger partial charge in [-0.05, 0) is 13.0 Å². The zero-order valence-electron chi connectivity index (χ0n) is 10.5. The van der Waals surface area contributed by atoms with Crippen LogP contribution in [0.1, 0.15) is 12.8 Å². The zero-order valence-corrected chi connectivity index (χ0v) is 10.5. The van der Waals surface area contributed by atoms with E-state index >= 15 is 0 Å². The van der Waals surface area contributed by atoms with E-state index in [0.717, 1.165) is 19.5 Å². The molecule has 1 aliphatic rings. The Bertz CT molecular complexity index is 285. The molecule has 0 aromatic heterocycles. The summed E-state index contributed by atoms with van der Waals surface area (Å²) < 4.78 is 0. The lowest BCUT2D eigenvalue weighted by Crippen LogP contribution is -2.42. The molecule has 7 nitrogen and oxygen atoms in total. The highest BCUT2D eigenvalue weighted by molar-refractivity contribution is 5.75. The highest BCUT2D eigenvalue weighted by atomic mass is 16.4. The van der Waals surface area contributed by atoms with E-state index in [4.69, 9.17) is 10.2 Å². The molecule has 18 heavy (non-hydrogen) atoms. The summed E-state index contributed by atoms with van der Waals surface area (Å²) in [7, 11) is 0. The number of amides is 2. The lowest BCUT2D eigenvalue weighted by molar-refractivity contribution is -0.136. The molecule has 0 aromatic carbocycles. The van der Waals surface area contributed by atoms with Crippen LogP contribution in [0.15, 0.2) is 0 Å².